The molecule has 0 aromatic heterocycles. The molecule has 0 amide bonds. The lowest BCUT2D eigenvalue weighted by molar-refractivity contribution is 0.112. The van der Waals surface area contributed by atoms with Crippen LogP contribution in [0.2, 0.25) is 0 Å². The van der Waals surface area contributed by atoms with Crippen LogP contribution in [0.3, 0.4) is 0 Å². The Hall–Kier alpha value is -2.29. The second-order valence-electron chi connectivity index (χ2n) is 3.95. The molecule has 2 aromatic carbocycles. The zero-order valence-corrected chi connectivity index (χ0v) is 10.3. The molecular weight excluding hydrogens is 228 g/mol. The molecule has 0 saturated heterocycles. The largest absolute Gasteiger partial charge is 0.493 e. The van der Waals surface area contributed by atoms with Crippen molar-refractivity contribution in [3.63, 3.8) is 0 Å². The highest BCUT2D eigenvalue weighted by Gasteiger charge is 2.06. The highest BCUT2D eigenvalue weighted by atomic mass is 16.5. The van der Waals surface area contributed by atoms with E-state index in [4.69, 9.17) is 9.47 Å². The van der Waals surface area contributed by atoms with E-state index in [-0.39, 0.29) is 0 Å². The highest BCUT2D eigenvalue weighted by molar-refractivity contribution is 5.75. The number of carbonyl (C=O) groups excluding carboxylic acids is 1. The van der Waals surface area contributed by atoms with Crippen LogP contribution in [0.15, 0.2) is 42.5 Å². The van der Waals surface area contributed by atoms with E-state index in [2.05, 4.69) is 0 Å². The molecule has 0 unspecified atom stereocenters. The Balaban J connectivity index is 2.30. The van der Waals surface area contributed by atoms with E-state index in [1.165, 1.54) is 0 Å². The molecule has 0 atom stereocenters. The third-order valence-electron chi connectivity index (χ3n) is 2.54. The molecule has 0 radical (unpaired) electrons. The lowest BCUT2D eigenvalue weighted by Gasteiger charge is -2.11. The third-order valence-corrected chi connectivity index (χ3v) is 2.54. The standard InChI is InChI=1S/C15H14O3/c1-11-6-7-14(15(8-11)17-2)18-13-5-3-4-12(9-13)10-16/h3-10H,1-2H3. The fraction of sp³-hybridized carbons (Fsp3) is 0.133. The van der Waals surface area contributed by atoms with Crippen LogP contribution in [0.5, 0.6) is 17.2 Å². The van der Waals surface area contributed by atoms with Crippen molar-refractivity contribution in [2.24, 2.45) is 0 Å². The average Bonchev–Trinajstić information content (AvgIpc) is 2.41. The summed E-state index contributed by atoms with van der Waals surface area (Å²) in [6.07, 6.45) is 0.791. The predicted molar refractivity (Wildman–Crippen MR) is 69.6 cm³/mol. The van der Waals surface area contributed by atoms with Crippen LogP contribution in [0.4, 0.5) is 0 Å². The first kappa shape index (κ1) is 12.2. The Kier molecular flexibility index (Phi) is 3.63. The highest BCUT2D eigenvalue weighted by Crippen LogP contribution is 2.32. The Morgan fingerprint density at radius 3 is 2.61 bits per heavy atom. The van der Waals surface area contributed by atoms with Gasteiger partial charge in [-0.3, -0.25) is 4.79 Å². The van der Waals surface area contributed by atoms with Gasteiger partial charge in [0.25, 0.3) is 0 Å². The summed E-state index contributed by atoms with van der Waals surface area (Å²) in [5.41, 5.74) is 1.68. The van der Waals surface area contributed by atoms with Crippen LogP contribution >= 0.6 is 0 Å². The van der Waals surface area contributed by atoms with Crippen molar-refractivity contribution >= 4 is 6.29 Å². The minimum absolute atomic E-state index is 0.582. The van der Waals surface area contributed by atoms with Gasteiger partial charge in [0.1, 0.15) is 12.0 Å². The van der Waals surface area contributed by atoms with Crippen LogP contribution in [-0.4, -0.2) is 13.4 Å². The number of methoxy groups -OCH3 is 1. The Morgan fingerprint density at radius 2 is 1.89 bits per heavy atom. The van der Waals surface area contributed by atoms with Crippen molar-refractivity contribution < 1.29 is 14.3 Å². The zero-order chi connectivity index (χ0) is 13.0. The van der Waals surface area contributed by atoms with Crippen molar-refractivity contribution in [2.45, 2.75) is 6.92 Å². The molecule has 0 aliphatic rings. The van der Waals surface area contributed by atoms with E-state index in [1.807, 2.05) is 25.1 Å². The minimum Gasteiger partial charge on any atom is -0.493 e. The Bertz CT molecular complexity index is 561. The quantitative estimate of drug-likeness (QED) is 0.768. The summed E-state index contributed by atoms with van der Waals surface area (Å²) in [4.78, 5) is 10.7. The number of hydrogen-bond acceptors (Lipinski definition) is 3. The van der Waals surface area contributed by atoms with Gasteiger partial charge in [0.05, 0.1) is 7.11 Å². The van der Waals surface area contributed by atoms with Gasteiger partial charge in [-0.15, -0.1) is 0 Å². The average molecular weight is 242 g/mol. The SMILES string of the molecule is COc1cc(C)ccc1Oc1cccc(C=O)c1. The normalized spacial score (nSPS) is 9.89. The zero-order valence-electron chi connectivity index (χ0n) is 10.3. The maximum absolute atomic E-state index is 10.7. The van der Waals surface area contributed by atoms with E-state index in [0.717, 1.165) is 11.8 Å². The molecule has 0 bridgehead atoms. The summed E-state index contributed by atoms with van der Waals surface area (Å²) in [5.74, 6) is 1.92. The molecule has 0 aliphatic carbocycles. The first-order valence-corrected chi connectivity index (χ1v) is 5.60. The first-order chi connectivity index (χ1) is 8.72. The molecule has 0 aliphatic heterocycles. The van der Waals surface area contributed by atoms with E-state index in [9.17, 15) is 4.79 Å². The van der Waals surface area contributed by atoms with Gasteiger partial charge in [0.15, 0.2) is 11.5 Å². The number of rotatable bonds is 4. The van der Waals surface area contributed by atoms with Gasteiger partial charge in [0.2, 0.25) is 0 Å². The smallest absolute Gasteiger partial charge is 0.169 e. The van der Waals surface area contributed by atoms with E-state index >= 15 is 0 Å². The van der Waals surface area contributed by atoms with Gasteiger partial charge in [0, 0.05) is 5.56 Å². The molecule has 2 rings (SSSR count). The summed E-state index contributed by atoms with van der Waals surface area (Å²) in [6.45, 7) is 1.99. The summed E-state index contributed by atoms with van der Waals surface area (Å²) < 4.78 is 11.0. The third kappa shape index (κ3) is 2.69. The first-order valence-electron chi connectivity index (χ1n) is 5.60. The lowest BCUT2D eigenvalue weighted by Crippen LogP contribution is -1.91. The van der Waals surface area contributed by atoms with Crippen molar-refractivity contribution in [2.75, 3.05) is 7.11 Å². The fourth-order valence-corrected chi connectivity index (χ4v) is 1.64. The number of benzene rings is 2. The molecular formula is C15H14O3. The molecule has 18 heavy (non-hydrogen) atoms. The van der Waals surface area contributed by atoms with Gasteiger partial charge in [-0.2, -0.15) is 0 Å². The lowest BCUT2D eigenvalue weighted by atomic mass is 10.2. The van der Waals surface area contributed by atoms with Gasteiger partial charge in [-0.25, -0.2) is 0 Å². The molecule has 3 nitrogen and oxygen atoms in total. The number of ether oxygens (including phenoxy) is 2. The summed E-state index contributed by atoms with van der Waals surface area (Å²) in [5, 5.41) is 0. The summed E-state index contributed by atoms with van der Waals surface area (Å²) in [6, 6.07) is 12.7. The topological polar surface area (TPSA) is 35.5 Å². The molecule has 0 heterocycles. The monoisotopic (exact) mass is 242 g/mol. The molecule has 3 heteroatoms. The van der Waals surface area contributed by atoms with Crippen LogP contribution in [0.1, 0.15) is 15.9 Å². The Morgan fingerprint density at radius 1 is 1.06 bits per heavy atom. The van der Waals surface area contributed by atoms with E-state index in [0.29, 0.717) is 22.8 Å². The second-order valence-corrected chi connectivity index (χ2v) is 3.95. The van der Waals surface area contributed by atoms with E-state index in [1.54, 1.807) is 31.4 Å². The number of hydrogen-bond donors (Lipinski definition) is 0. The van der Waals surface area contributed by atoms with Gasteiger partial charge in [-0.1, -0.05) is 18.2 Å². The van der Waals surface area contributed by atoms with E-state index < -0.39 is 0 Å². The van der Waals surface area contributed by atoms with Crippen molar-refractivity contribution in [1.82, 2.24) is 0 Å². The summed E-state index contributed by atoms with van der Waals surface area (Å²) in [7, 11) is 1.60. The molecule has 0 fully saturated rings. The second kappa shape index (κ2) is 5.36. The Labute approximate surface area is 106 Å². The molecule has 0 saturated carbocycles. The van der Waals surface area contributed by atoms with Crippen molar-refractivity contribution in [3.8, 4) is 17.2 Å². The fourth-order valence-electron chi connectivity index (χ4n) is 1.64. The maximum atomic E-state index is 10.7. The van der Waals surface area contributed by atoms with Crippen LogP contribution in [0.25, 0.3) is 0 Å². The number of aryl methyl sites for hydroxylation is 1. The van der Waals surface area contributed by atoms with Gasteiger partial charge >= 0.3 is 0 Å². The minimum atomic E-state index is 0.582. The molecule has 2 aromatic rings. The van der Waals surface area contributed by atoms with Gasteiger partial charge < -0.3 is 9.47 Å². The summed E-state index contributed by atoms with van der Waals surface area (Å²) >= 11 is 0. The predicted octanol–water partition coefficient (Wildman–Crippen LogP) is 3.61. The number of aldehydes is 1. The van der Waals surface area contributed by atoms with Crippen molar-refractivity contribution in [3.05, 3.63) is 53.6 Å². The molecule has 0 N–H and O–H groups in total. The van der Waals surface area contributed by atoms with Crippen molar-refractivity contribution in [1.29, 1.82) is 0 Å². The molecule has 92 valence electrons. The number of carbonyl (C=O) groups is 1. The van der Waals surface area contributed by atoms with Crippen LogP contribution < -0.4 is 9.47 Å². The molecule has 0 spiro atoms. The van der Waals surface area contributed by atoms with Crippen LogP contribution in [0, 0.1) is 6.92 Å². The van der Waals surface area contributed by atoms with Gasteiger partial charge in [-0.05, 0) is 36.8 Å². The van der Waals surface area contributed by atoms with Crippen LogP contribution in [-0.2, 0) is 0 Å². The maximum Gasteiger partial charge on any atom is 0.169 e.